The summed E-state index contributed by atoms with van der Waals surface area (Å²) in [4.78, 5) is 23.3. The first-order valence-electron chi connectivity index (χ1n) is 17.1. The normalized spacial score (nSPS) is 23.1. The van der Waals surface area contributed by atoms with Gasteiger partial charge in [-0.25, -0.2) is 0 Å². The van der Waals surface area contributed by atoms with Gasteiger partial charge < -0.3 is 29.3 Å². The average Bonchev–Trinajstić information content (AvgIpc) is 3.85. The van der Waals surface area contributed by atoms with Crippen LogP contribution in [0.1, 0.15) is 174 Å². The zero-order valence-electron chi connectivity index (χ0n) is 25.9. The average molecular weight is 565 g/mol. The first-order chi connectivity index (χ1) is 19.4. The number of rotatable bonds is 29. The Morgan fingerprint density at radius 3 is 1.23 bits per heavy atom. The van der Waals surface area contributed by atoms with Crippen LogP contribution < -0.4 is 10.2 Å². The molecule has 2 fully saturated rings. The highest BCUT2D eigenvalue weighted by Gasteiger charge is 2.37. The van der Waals surface area contributed by atoms with E-state index >= 15 is 0 Å². The van der Waals surface area contributed by atoms with Gasteiger partial charge in [0.05, 0.1) is 24.4 Å². The fourth-order valence-electron chi connectivity index (χ4n) is 6.50. The third kappa shape index (κ3) is 15.2. The summed E-state index contributed by atoms with van der Waals surface area (Å²) in [5.41, 5.74) is -0.915. The summed E-state index contributed by atoms with van der Waals surface area (Å²) in [6, 6.07) is 0. The molecule has 2 aliphatic rings. The molecule has 6 heteroatoms. The minimum Gasteiger partial charge on any atom is -0.550 e. The van der Waals surface area contributed by atoms with E-state index in [0.29, 0.717) is 50.1 Å². The van der Waals surface area contributed by atoms with E-state index in [2.05, 4.69) is 13.8 Å². The van der Waals surface area contributed by atoms with Crippen LogP contribution in [0.4, 0.5) is 0 Å². The van der Waals surface area contributed by atoms with Crippen LogP contribution in [0.3, 0.4) is 0 Å². The molecule has 0 aromatic heterocycles. The number of carboxylic acid groups (broad SMARTS) is 2. The molecule has 2 rings (SSSR count). The lowest BCUT2D eigenvalue weighted by Crippen LogP contribution is -2.42. The van der Waals surface area contributed by atoms with Crippen LogP contribution in [0.15, 0.2) is 0 Å². The van der Waals surface area contributed by atoms with Crippen molar-refractivity contribution in [3.8, 4) is 0 Å². The van der Waals surface area contributed by atoms with E-state index in [1.54, 1.807) is 0 Å². The Morgan fingerprint density at radius 1 is 0.525 bits per heavy atom. The van der Waals surface area contributed by atoms with Gasteiger partial charge in [0.2, 0.25) is 0 Å². The lowest BCUT2D eigenvalue weighted by atomic mass is 9.74. The highest BCUT2D eigenvalue weighted by molar-refractivity contribution is 5.72. The van der Waals surface area contributed by atoms with Crippen LogP contribution in [0, 0.1) is 5.41 Å². The molecular weight excluding hydrogens is 504 g/mol. The third-order valence-electron chi connectivity index (χ3n) is 9.32. The molecule has 0 amide bonds. The van der Waals surface area contributed by atoms with Crippen LogP contribution in [-0.4, -0.2) is 36.4 Å². The fourth-order valence-corrected chi connectivity index (χ4v) is 6.50. The van der Waals surface area contributed by atoms with E-state index in [-0.39, 0.29) is 6.42 Å². The number of aliphatic carboxylic acids is 2. The van der Waals surface area contributed by atoms with Gasteiger partial charge in [-0.1, -0.05) is 117 Å². The van der Waals surface area contributed by atoms with Crippen molar-refractivity contribution in [2.45, 2.75) is 199 Å². The summed E-state index contributed by atoms with van der Waals surface area (Å²) >= 11 is 0. The molecule has 2 heterocycles. The van der Waals surface area contributed by atoms with E-state index in [1.165, 1.54) is 64.2 Å². The Balaban J connectivity index is 1.60. The molecule has 234 valence electrons. The highest BCUT2D eigenvalue weighted by Crippen LogP contribution is 2.38. The molecule has 4 unspecified atom stereocenters. The van der Waals surface area contributed by atoms with Gasteiger partial charge in [0, 0.05) is 17.4 Å². The molecule has 6 nitrogen and oxygen atoms in total. The molecule has 4 atom stereocenters. The molecule has 0 spiro atoms. The predicted octanol–water partition coefficient (Wildman–Crippen LogP) is 6.80. The second-order valence-electron chi connectivity index (χ2n) is 12.8. The summed E-state index contributed by atoms with van der Waals surface area (Å²) in [5.74, 6) is -2.11. The van der Waals surface area contributed by atoms with Crippen molar-refractivity contribution in [3.63, 3.8) is 0 Å². The second-order valence-corrected chi connectivity index (χ2v) is 12.8. The maximum absolute atomic E-state index is 12.4. The molecule has 0 N–H and O–H groups in total. The SMILES string of the molecule is CCCCCCC1OC1CCCCCCC(CCCCCCC1OC1CCCCCC)(CCCC(=O)[O-])C(=O)[O-]. The van der Waals surface area contributed by atoms with Gasteiger partial charge in [-0.15, -0.1) is 0 Å². The van der Waals surface area contributed by atoms with Crippen LogP contribution in [0.5, 0.6) is 0 Å². The van der Waals surface area contributed by atoms with E-state index < -0.39 is 17.4 Å². The van der Waals surface area contributed by atoms with E-state index in [9.17, 15) is 19.8 Å². The van der Waals surface area contributed by atoms with Crippen molar-refractivity contribution >= 4 is 11.9 Å². The van der Waals surface area contributed by atoms with Crippen molar-refractivity contribution in [1.82, 2.24) is 0 Å². The van der Waals surface area contributed by atoms with Crippen LogP contribution in [-0.2, 0) is 19.1 Å². The first-order valence-corrected chi connectivity index (χ1v) is 17.1. The van der Waals surface area contributed by atoms with E-state index in [0.717, 1.165) is 64.2 Å². The van der Waals surface area contributed by atoms with Gasteiger partial charge >= 0.3 is 0 Å². The number of unbranched alkanes of at least 4 members (excludes halogenated alkanes) is 12. The van der Waals surface area contributed by atoms with Gasteiger partial charge in [-0.2, -0.15) is 0 Å². The van der Waals surface area contributed by atoms with Crippen molar-refractivity contribution < 1.29 is 29.3 Å². The molecule has 0 aliphatic carbocycles. The number of carbonyl (C=O) groups excluding carboxylic acids is 2. The Kier molecular flexibility index (Phi) is 18.1. The minimum atomic E-state index is -1.11. The standard InChI is InChI=1S/C34H62O6/c1-3-5-7-13-20-28-30(39-28)22-15-9-11-17-25-34(33(37)38,27-19-24-32(35)36)26-18-12-10-16-23-31-29(40-31)21-14-8-6-4-2/h28-31H,3-27H2,1-2H3,(H,35,36)(H,37,38)/p-2. The maximum Gasteiger partial charge on any atom is 0.0841 e. The number of epoxide rings is 2. The molecule has 0 saturated carbocycles. The summed E-state index contributed by atoms with van der Waals surface area (Å²) in [7, 11) is 0. The van der Waals surface area contributed by atoms with E-state index in [1.807, 2.05) is 0 Å². The summed E-state index contributed by atoms with van der Waals surface area (Å²) in [5, 5.41) is 23.3. The van der Waals surface area contributed by atoms with Crippen LogP contribution >= 0.6 is 0 Å². The Labute approximate surface area is 245 Å². The first kappa shape index (κ1) is 35.1. The largest absolute Gasteiger partial charge is 0.550 e. The zero-order chi connectivity index (χ0) is 29.1. The van der Waals surface area contributed by atoms with Crippen molar-refractivity contribution in [3.05, 3.63) is 0 Å². The molecule has 0 aromatic carbocycles. The Bertz CT molecular complexity index is 641. The Morgan fingerprint density at radius 2 is 0.875 bits per heavy atom. The molecule has 0 radical (unpaired) electrons. The zero-order valence-corrected chi connectivity index (χ0v) is 25.9. The van der Waals surface area contributed by atoms with Gasteiger partial charge in [0.15, 0.2) is 0 Å². The molecule has 2 aliphatic heterocycles. The predicted molar refractivity (Wildman–Crippen MR) is 157 cm³/mol. The van der Waals surface area contributed by atoms with Crippen molar-refractivity contribution in [2.75, 3.05) is 0 Å². The lowest BCUT2D eigenvalue weighted by Gasteiger charge is -2.35. The maximum atomic E-state index is 12.4. The van der Waals surface area contributed by atoms with Crippen molar-refractivity contribution in [2.24, 2.45) is 5.41 Å². The molecular formula is C34H60O6-2. The number of hydrogen-bond donors (Lipinski definition) is 0. The quantitative estimate of drug-likeness (QED) is 0.0731. The number of carbonyl (C=O) groups is 2. The highest BCUT2D eigenvalue weighted by atomic mass is 16.6. The minimum absolute atomic E-state index is 0.0863. The second kappa shape index (κ2) is 20.7. The topological polar surface area (TPSA) is 105 Å². The smallest absolute Gasteiger partial charge is 0.0841 e. The third-order valence-corrected chi connectivity index (χ3v) is 9.32. The molecule has 2 saturated heterocycles. The monoisotopic (exact) mass is 564 g/mol. The lowest BCUT2D eigenvalue weighted by molar-refractivity contribution is -0.321. The van der Waals surface area contributed by atoms with E-state index in [4.69, 9.17) is 9.47 Å². The summed E-state index contributed by atoms with van der Waals surface area (Å²) < 4.78 is 11.6. The number of hydrogen-bond acceptors (Lipinski definition) is 6. The van der Waals surface area contributed by atoms with Gasteiger partial charge in [-0.3, -0.25) is 0 Å². The van der Waals surface area contributed by atoms with Gasteiger partial charge in [0.1, 0.15) is 0 Å². The molecule has 0 bridgehead atoms. The van der Waals surface area contributed by atoms with Crippen LogP contribution in [0.2, 0.25) is 0 Å². The van der Waals surface area contributed by atoms with Crippen molar-refractivity contribution in [1.29, 1.82) is 0 Å². The van der Waals surface area contributed by atoms with Crippen LogP contribution in [0.25, 0.3) is 0 Å². The summed E-state index contributed by atoms with van der Waals surface area (Å²) in [6.07, 6.45) is 26.7. The molecule has 0 aromatic rings. The Hall–Kier alpha value is -1.14. The molecule has 40 heavy (non-hydrogen) atoms. The summed E-state index contributed by atoms with van der Waals surface area (Å²) in [6.45, 7) is 4.47. The van der Waals surface area contributed by atoms with Gasteiger partial charge in [-0.05, 0) is 57.8 Å². The fraction of sp³-hybridized carbons (Fsp3) is 0.941. The number of ether oxygens (including phenoxy) is 2. The van der Waals surface area contributed by atoms with Gasteiger partial charge in [0.25, 0.3) is 0 Å². The number of carboxylic acids is 2.